The molecule has 128 valence electrons. The molecule has 0 aromatic heterocycles. The van der Waals surface area contributed by atoms with Gasteiger partial charge in [0.15, 0.2) is 11.5 Å². The highest BCUT2D eigenvalue weighted by Crippen LogP contribution is 2.46. The molecule has 24 heavy (non-hydrogen) atoms. The molecule has 3 fully saturated rings. The van der Waals surface area contributed by atoms with Crippen LogP contribution in [-0.2, 0) is 10.2 Å². The molecule has 1 saturated heterocycles. The predicted octanol–water partition coefficient (Wildman–Crippen LogP) is 3.83. The Bertz CT molecular complexity index is 635. The van der Waals surface area contributed by atoms with E-state index in [1.165, 1.54) is 12.8 Å². The Labute approximate surface area is 143 Å². The van der Waals surface area contributed by atoms with Crippen molar-refractivity contribution in [1.29, 1.82) is 5.26 Å². The molecule has 2 saturated carbocycles. The third kappa shape index (κ3) is 3.10. The van der Waals surface area contributed by atoms with E-state index in [1.807, 2.05) is 18.2 Å². The summed E-state index contributed by atoms with van der Waals surface area (Å²) in [5.41, 5.74) is 0.682. The number of nitrogens with zero attached hydrogens (tertiary/aromatic N) is 1. The topological polar surface area (TPSA) is 54.8 Å². The van der Waals surface area contributed by atoms with Gasteiger partial charge in [-0.05, 0) is 68.1 Å². The van der Waals surface area contributed by atoms with Gasteiger partial charge in [-0.25, -0.2) is 0 Å². The average molecular weight is 327 g/mol. The molecule has 2 aliphatic carbocycles. The van der Waals surface area contributed by atoms with E-state index in [4.69, 9.17) is 14.2 Å². The maximum Gasteiger partial charge on any atom is 0.161 e. The van der Waals surface area contributed by atoms with Crippen molar-refractivity contribution in [3.63, 3.8) is 0 Å². The van der Waals surface area contributed by atoms with Gasteiger partial charge in [0.25, 0.3) is 0 Å². The maximum atomic E-state index is 9.93. The fraction of sp³-hybridized carbons (Fsp3) is 0.650. The van der Waals surface area contributed by atoms with E-state index in [-0.39, 0.29) is 0 Å². The Hall–Kier alpha value is -1.73. The van der Waals surface area contributed by atoms with Gasteiger partial charge in [0.1, 0.15) is 0 Å². The number of nitriles is 1. The van der Waals surface area contributed by atoms with Gasteiger partial charge >= 0.3 is 0 Å². The van der Waals surface area contributed by atoms with Crippen LogP contribution in [0.5, 0.6) is 11.5 Å². The quantitative estimate of drug-likeness (QED) is 0.745. The zero-order valence-electron chi connectivity index (χ0n) is 14.3. The molecule has 1 atom stereocenters. The summed E-state index contributed by atoms with van der Waals surface area (Å²) in [5, 5.41) is 9.93. The zero-order chi connectivity index (χ0) is 16.6. The first-order valence-corrected chi connectivity index (χ1v) is 9.08. The molecule has 4 heteroatoms. The molecule has 0 bridgehead atoms. The minimum atomic E-state index is -0.393. The number of rotatable bonds is 6. The lowest BCUT2D eigenvalue weighted by molar-refractivity contribution is 0.224. The molecule has 0 N–H and O–H groups in total. The minimum Gasteiger partial charge on any atom is -0.493 e. The molecule has 1 aromatic rings. The van der Waals surface area contributed by atoms with Crippen LogP contribution >= 0.6 is 0 Å². The van der Waals surface area contributed by atoms with Gasteiger partial charge in [0, 0.05) is 0 Å². The van der Waals surface area contributed by atoms with Crippen molar-refractivity contribution in [1.82, 2.24) is 0 Å². The van der Waals surface area contributed by atoms with Gasteiger partial charge in [-0.3, -0.25) is 0 Å². The molecule has 4 rings (SSSR count). The number of ether oxygens (including phenoxy) is 3. The van der Waals surface area contributed by atoms with Crippen LogP contribution in [0.4, 0.5) is 0 Å². The van der Waals surface area contributed by atoms with Gasteiger partial charge in [-0.1, -0.05) is 6.07 Å². The summed E-state index contributed by atoms with van der Waals surface area (Å²) < 4.78 is 16.9. The van der Waals surface area contributed by atoms with Crippen molar-refractivity contribution in [2.24, 2.45) is 11.8 Å². The Morgan fingerprint density at radius 2 is 1.96 bits per heavy atom. The molecule has 1 aliphatic heterocycles. The molecule has 4 nitrogen and oxygen atoms in total. The standard InChI is InChI=1S/C20H25NO3/c1-22-17-5-4-16(10-18(17)23-11-14-2-3-14)20(13-21)8-6-15(7-9-20)19-12-24-19/h4-5,10,14-15,19H,2-3,6-9,11-12H2,1H3. The van der Waals surface area contributed by atoms with E-state index >= 15 is 0 Å². The van der Waals surface area contributed by atoms with Crippen molar-refractivity contribution < 1.29 is 14.2 Å². The molecule has 1 heterocycles. The second kappa shape index (κ2) is 6.29. The van der Waals surface area contributed by atoms with Crippen LogP contribution in [-0.4, -0.2) is 26.4 Å². The molecule has 1 aromatic carbocycles. The predicted molar refractivity (Wildman–Crippen MR) is 90.2 cm³/mol. The van der Waals surface area contributed by atoms with E-state index in [9.17, 15) is 5.26 Å². The molecular formula is C20H25NO3. The van der Waals surface area contributed by atoms with E-state index in [0.29, 0.717) is 17.9 Å². The smallest absolute Gasteiger partial charge is 0.161 e. The van der Waals surface area contributed by atoms with E-state index in [1.54, 1.807) is 7.11 Å². The lowest BCUT2D eigenvalue weighted by Crippen LogP contribution is -2.32. The van der Waals surface area contributed by atoms with Crippen LogP contribution in [0.3, 0.4) is 0 Å². The van der Waals surface area contributed by atoms with Gasteiger partial charge in [0.05, 0.1) is 37.9 Å². The van der Waals surface area contributed by atoms with Gasteiger partial charge in [0.2, 0.25) is 0 Å². The Morgan fingerprint density at radius 3 is 2.54 bits per heavy atom. The second-order valence-electron chi connectivity index (χ2n) is 7.52. The first kappa shape index (κ1) is 15.8. The van der Waals surface area contributed by atoms with Gasteiger partial charge < -0.3 is 14.2 Å². The third-order valence-electron chi connectivity index (χ3n) is 5.87. The van der Waals surface area contributed by atoms with Gasteiger partial charge in [-0.2, -0.15) is 5.26 Å². The minimum absolute atomic E-state index is 0.393. The normalized spacial score (nSPS) is 32.0. The monoisotopic (exact) mass is 327 g/mol. The average Bonchev–Trinajstić information content (AvgIpc) is 3.53. The third-order valence-corrected chi connectivity index (χ3v) is 5.87. The summed E-state index contributed by atoms with van der Waals surface area (Å²) in [7, 11) is 1.67. The lowest BCUT2D eigenvalue weighted by atomic mass is 9.67. The summed E-state index contributed by atoms with van der Waals surface area (Å²) in [5.74, 6) is 2.87. The Kier molecular flexibility index (Phi) is 4.14. The van der Waals surface area contributed by atoms with Crippen molar-refractivity contribution in [3.8, 4) is 17.6 Å². The van der Waals surface area contributed by atoms with Crippen molar-refractivity contribution >= 4 is 0 Å². The highest BCUT2D eigenvalue weighted by molar-refractivity contribution is 5.47. The first-order valence-electron chi connectivity index (χ1n) is 9.08. The fourth-order valence-electron chi connectivity index (χ4n) is 3.88. The number of methoxy groups -OCH3 is 1. The fourth-order valence-corrected chi connectivity index (χ4v) is 3.88. The first-order chi connectivity index (χ1) is 11.7. The SMILES string of the molecule is COc1ccc(C2(C#N)CCC(C3CO3)CC2)cc1OCC1CC1. The summed E-state index contributed by atoms with van der Waals surface area (Å²) >= 11 is 0. The molecule has 1 unspecified atom stereocenters. The largest absolute Gasteiger partial charge is 0.493 e. The van der Waals surface area contributed by atoms with Crippen LogP contribution in [0, 0.1) is 23.2 Å². The van der Waals surface area contributed by atoms with Crippen molar-refractivity contribution in [2.45, 2.75) is 50.0 Å². The van der Waals surface area contributed by atoms with E-state index in [0.717, 1.165) is 56.0 Å². The molecular weight excluding hydrogens is 302 g/mol. The van der Waals surface area contributed by atoms with Crippen LogP contribution in [0.15, 0.2) is 18.2 Å². The van der Waals surface area contributed by atoms with Crippen molar-refractivity contribution in [2.75, 3.05) is 20.3 Å². The van der Waals surface area contributed by atoms with Crippen molar-refractivity contribution in [3.05, 3.63) is 23.8 Å². The number of epoxide rings is 1. The van der Waals surface area contributed by atoms with Gasteiger partial charge in [-0.15, -0.1) is 0 Å². The Balaban J connectivity index is 1.54. The summed E-state index contributed by atoms with van der Waals surface area (Å²) in [4.78, 5) is 0. The van der Waals surface area contributed by atoms with Crippen LogP contribution in [0.25, 0.3) is 0 Å². The Morgan fingerprint density at radius 1 is 1.21 bits per heavy atom. The number of benzene rings is 1. The second-order valence-corrected chi connectivity index (χ2v) is 7.52. The lowest BCUT2D eigenvalue weighted by Gasteiger charge is -2.35. The molecule has 0 spiro atoms. The maximum absolute atomic E-state index is 9.93. The molecule has 0 amide bonds. The summed E-state index contributed by atoms with van der Waals surface area (Å²) in [6.45, 7) is 1.66. The van der Waals surface area contributed by atoms with E-state index < -0.39 is 5.41 Å². The number of hydrogen-bond donors (Lipinski definition) is 0. The molecule has 0 radical (unpaired) electrons. The highest BCUT2D eigenvalue weighted by atomic mass is 16.6. The highest BCUT2D eigenvalue weighted by Gasteiger charge is 2.42. The van der Waals surface area contributed by atoms with Crippen LogP contribution < -0.4 is 9.47 Å². The van der Waals surface area contributed by atoms with Crippen LogP contribution in [0.1, 0.15) is 44.1 Å². The number of hydrogen-bond acceptors (Lipinski definition) is 4. The zero-order valence-corrected chi connectivity index (χ0v) is 14.3. The summed E-state index contributed by atoms with van der Waals surface area (Å²) in [6, 6.07) is 8.65. The van der Waals surface area contributed by atoms with E-state index in [2.05, 4.69) is 6.07 Å². The van der Waals surface area contributed by atoms with Crippen LogP contribution in [0.2, 0.25) is 0 Å². The summed E-state index contributed by atoms with van der Waals surface area (Å²) in [6.07, 6.45) is 6.93. The molecule has 3 aliphatic rings.